The zero-order valence-corrected chi connectivity index (χ0v) is 14.2. The molecule has 4 nitrogen and oxygen atoms in total. The van der Waals surface area contributed by atoms with Gasteiger partial charge in [0.25, 0.3) is 0 Å². The van der Waals surface area contributed by atoms with E-state index in [9.17, 15) is 4.79 Å². The van der Waals surface area contributed by atoms with E-state index >= 15 is 0 Å². The minimum absolute atomic E-state index is 0. The second-order valence-electron chi connectivity index (χ2n) is 6.07. The fourth-order valence-corrected chi connectivity index (χ4v) is 3.14. The summed E-state index contributed by atoms with van der Waals surface area (Å²) in [5, 5.41) is 6.39. The number of amides is 1. The number of nitrogens with zero attached hydrogens (tertiary/aromatic N) is 1. The molecule has 0 saturated carbocycles. The smallest absolute Gasteiger partial charge is 0.237 e. The molecule has 2 fully saturated rings. The largest absolute Gasteiger partial charge is 0.351 e. The molecule has 120 valence electrons. The first-order valence-electron chi connectivity index (χ1n) is 7.41. The van der Waals surface area contributed by atoms with E-state index < -0.39 is 0 Å². The van der Waals surface area contributed by atoms with E-state index in [0.717, 1.165) is 31.8 Å². The molecule has 2 N–H and O–H groups in total. The lowest BCUT2D eigenvalue weighted by Crippen LogP contribution is -2.49. The summed E-state index contributed by atoms with van der Waals surface area (Å²) in [5.74, 6) is 0.989. The first-order valence-corrected chi connectivity index (χ1v) is 7.41. The van der Waals surface area contributed by atoms with Crippen LogP contribution in [0.3, 0.4) is 0 Å². The van der Waals surface area contributed by atoms with Crippen molar-refractivity contribution < 1.29 is 4.79 Å². The molecular formula is C14H29Cl2N3O. The Kier molecular flexibility index (Phi) is 9.81. The van der Waals surface area contributed by atoms with Crippen LogP contribution in [-0.4, -0.2) is 49.1 Å². The number of hydrogen-bond donors (Lipinski definition) is 2. The van der Waals surface area contributed by atoms with Crippen molar-refractivity contribution in [3.8, 4) is 0 Å². The predicted molar refractivity (Wildman–Crippen MR) is 88.0 cm³/mol. The quantitative estimate of drug-likeness (QED) is 0.828. The standard InChI is InChI=1S/C14H27N3O.2ClH/c1-11-5-4-8-17(9-11)10-12(2)16-14(18)13-6-3-7-15-13;;/h11-13,15H,3-10H2,1-2H3,(H,16,18);2*1H. The van der Waals surface area contributed by atoms with Crippen molar-refractivity contribution in [2.75, 3.05) is 26.2 Å². The third-order valence-electron chi connectivity index (χ3n) is 4.04. The second kappa shape index (κ2) is 9.82. The van der Waals surface area contributed by atoms with Crippen molar-refractivity contribution >= 4 is 30.7 Å². The number of likely N-dealkylation sites (tertiary alicyclic amines) is 1. The van der Waals surface area contributed by atoms with Crippen LogP contribution in [0.5, 0.6) is 0 Å². The maximum Gasteiger partial charge on any atom is 0.237 e. The average Bonchev–Trinajstić information content (AvgIpc) is 2.81. The van der Waals surface area contributed by atoms with Crippen molar-refractivity contribution in [1.82, 2.24) is 15.5 Å². The molecule has 0 aromatic carbocycles. The highest BCUT2D eigenvalue weighted by Gasteiger charge is 2.24. The molecule has 0 aromatic rings. The van der Waals surface area contributed by atoms with Gasteiger partial charge in [0.05, 0.1) is 6.04 Å². The number of hydrogen-bond acceptors (Lipinski definition) is 3. The van der Waals surface area contributed by atoms with Crippen LogP contribution in [0, 0.1) is 5.92 Å². The highest BCUT2D eigenvalue weighted by molar-refractivity contribution is 5.85. The average molecular weight is 326 g/mol. The van der Waals surface area contributed by atoms with Gasteiger partial charge in [-0.2, -0.15) is 0 Å². The molecular weight excluding hydrogens is 297 g/mol. The summed E-state index contributed by atoms with van der Waals surface area (Å²) < 4.78 is 0. The van der Waals surface area contributed by atoms with Crippen LogP contribution >= 0.6 is 24.8 Å². The van der Waals surface area contributed by atoms with E-state index in [2.05, 4.69) is 29.4 Å². The van der Waals surface area contributed by atoms with Gasteiger partial charge in [-0.25, -0.2) is 0 Å². The first-order chi connectivity index (χ1) is 8.65. The fourth-order valence-electron chi connectivity index (χ4n) is 3.14. The zero-order valence-electron chi connectivity index (χ0n) is 12.6. The van der Waals surface area contributed by atoms with E-state index in [1.165, 1.54) is 25.9 Å². The minimum atomic E-state index is 0. The maximum absolute atomic E-state index is 12.0. The Labute approximate surface area is 135 Å². The fraction of sp³-hybridized carbons (Fsp3) is 0.929. The Morgan fingerprint density at radius 1 is 1.35 bits per heavy atom. The molecule has 0 spiro atoms. The highest BCUT2D eigenvalue weighted by Crippen LogP contribution is 2.15. The van der Waals surface area contributed by atoms with Crippen LogP contribution in [0.2, 0.25) is 0 Å². The number of rotatable bonds is 4. The van der Waals surface area contributed by atoms with Gasteiger partial charge in [0, 0.05) is 19.1 Å². The van der Waals surface area contributed by atoms with E-state index in [1.54, 1.807) is 0 Å². The van der Waals surface area contributed by atoms with Gasteiger partial charge >= 0.3 is 0 Å². The van der Waals surface area contributed by atoms with Gasteiger partial charge in [-0.15, -0.1) is 24.8 Å². The van der Waals surface area contributed by atoms with Crippen molar-refractivity contribution in [3.05, 3.63) is 0 Å². The van der Waals surface area contributed by atoms with Crippen LogP contribution in [0.1, 0.15) is 39.5 Å². The SMILES string of the molecule is CC1CCCN(CC(C)NC(=O)C2CCCN2)C1.Cl.Cl. The molecule has 2 heterocycles. The Morgan fingerprint density at radius 3 is 2.70 bits per heavy atom. The van der Waals surface area contributed by atoms with Gasteiger partial charge in [-0.05, 0) is 51.6 Å². The van der Waals surface area contributed by atoms with Gasteiger partial charge in [0.15, 0.2) is 0 Å². The summed E-state index contributed by atoms with van der Waals surface area (Å²) >= 11 is 0. The molecule has 0 aromatic heterocycles. The molecule has 1 amide bonds. The molecule has 2 aliphatic heterocycles. The Balaban J connectivity index is 0.00000180. The van der Waals surface area contributed by atoms with Crippen LogP contribution in [0.25, 0.3) is 0 Å². The lowest BCUT2D eigenvalue weighted by Gasteiger charge is -2.33. The molecule has 2 saturated heterocycles. The maximum atomic E-state index is 12.0. The molecule has 2 rings (SSSR count). The number of nitrogens with one attached hydrogen (secondary N) is 2. The van der Waals surface area contributed by atoms with Gasteiger partial charge in [0.2, 0.25) is 5.91 Å². The lowest BCUT2D eigenvalue weighted by atomic mass is 10.00. The summed E-state index contributed by atoms with van der Waals surface area (Å²) in [6.07, 6.45) is 4.75. The van der Waals surface area contributed by atoms with Crippen molar-refractivity contribution in [2.45, 2.75) is 51.6 Å². The lowest BCUT2D eigenvalue weighted by molar-refractivity contribution is -0.123. The summed E-state index contributed by atoms with van der Waals surface area (Å²) in [7, 11) is 0. The molecule has 20 heavy (non-hydrogen) atoms. The molecule has 0 bridgehead atoms. The van der Waals surface area contributed by atoms with E-state index in [1.807, 2.05) is 0 Å². The van der Waals surface area contributed by atoms with Crippen molar-refractivity contribution in [2.24, 2.45) is 5.92 Å². The Morgan fingerprint density at radius 2 is 2.10 bits per heavy atom. The summed E-state index contributed by atoms with van der Waals surface area (Å²) in [5.41, 5.74) is 0. The monoisotopic (exact) mass is 325 g/mol. The van der Waals surface area contributed by atoms with Gasteiger partial charge in [-0.1, -0.05) is 6.92 Å². The third-order valence-corrected chi connectivity index (χ3v) is 4.04. The molecule has 6 heteroatoms. The normalized spacial score (nSPS) is 28.1. The van der Waals surface area contributed by atoms with Crippen molar-refractivity contribution in [3.63, 3.8) is 0 Å². The number of piperidine rings is 1. The minimum Gasteiger partial charge on any atom is -0.351 e. The summed E-state index contributed by atoms with van der Waals surface area (Å²) in [6, 6.07) is 0.304. The number of carbonyl (C=O) groups is 1. The number of carbonyl (C=O) groups excluding carboxylic acids is 1. The molecule has 0 aliphatic carbocycles. The summed E-state index contributed by atoms with van der Waals surface area (Å²) in [4.78, 5) is 14.5. The summed E-state index contributed by atoms with van der Waals surface area (Å²) in [6.45, 7) is 8.77. The van der Waals surface area contributed by atoms with E-state index in [-0.39, 0.29) is 42.8 Å². The van der Waals surface area contributed by atoms with Crippen molar-refractivity contribution in [1.29, 1.82) is 0 Å². The van der Waals surface area contributed by atoms with Crippen LogP contribution in [-0.2, 0) is 4.79 Å². The zero-order chi connectivity index (χ0) is 13.0. The first kappa shape index (κ1) is 20.0. The van der Waals surface area contributed by atoms with Gasteiger partial charge in [0.1, 0.15) is 0 Å². The Bertz CT molecular complexity index is 286. The van der Waals surface area contributed by atoms with Crippen LogP contribution in [0.4, 0.5) is 0 Å². The molecule has 0 radical (unpaired) electrons. The van der Waals surface area contributed by atoms with Crippen LogP contribution < -0.4 is 10.6 Å². The molecule has 2 aliphatic rings. The Hall–Kier alpha value is -0.0300. The molecule has 3 unspecified atom stereocenters. The number of halogens is 2. The third kappa shape index (κ3) is 6.17. The van der Waals surface area contributed by atoms with Gasteiger partial charge < -0.3 is 15.5 Å². The topological polar surface area (TPSA) is 44.4 Å². The van der Waals surface area contributed by atoms with Gasteiger partial charge in [-0.3, -0.25) is 4.79 Å². The van der Waals surface area contributed by atoms with E-state index in [4.69, 9.17) is 0 Å². The predicted octanol–water partition coefficient (Wildman–Crippen LogP) is 1.82. The second-order valence-corrected chi connectivity index (χ2v) is 6.07. The van der Waals surface area contributed by atoms with Crippen LogP contribution in [0.15, 0.2) is 0 Å². The molecule has 3 atom stereocenters. The van der Waals surface area contributed by atoms with E-state index in [0.29, 0.717) is 0 Å². The highest BCUT2D eigenvalue weighted by atomic mass is 35.5.